The van der Waals surface area contributed by atoms with Crippen LogP contribution in [0.1, 0.15) is 53.4 Å². The van der Waals surface area contributed by atoms with E-state index in [4.69, 9.17) is 0 Å². The molecule has 1 saturated carbocycles. The first-order valence-electron chi connectivity index (χ1n) is 8.00. The van der Waals surface area contributed by atoms with Crippen LogP contribution in [-0.4, -0.2) is 36.9 Å². The van der Waals surface area contributed by atoms with E-state index >= 15 is 0 Å². The summed E-state index contributed by atoms with van der Waals surface area (Å²) >= 11 is 0. The van der Waals surface area contributed by atoms with E-state index in [2.05, 4.69) is 36.7 Å². The number of carbonyl (C=O) groups is 3. The minimum atomic E-state index is -0.360. The summed E-state index contributed by atoms with van der Waals surface area (Å²) in [6.07, 6.45) is 4.46. The molecule has 0 aliphatic heterocycles. The SMILES string of the molecule is CC(=O)NCC(=O)NCC(=O)N[C@H]1CCCC[C@@H]1C(C)(C)C. The van der Waals surface area contributed by atoms with Gasteiger partial charge in [-0.15, -0.1) is 0 Å². The van der Waals surface area contributed by atoms with Gasteiger partial charge >= 0.3 is 0 Å². The van der Waals surface area contributed by atoms with Crippen LogP contribution in [0.3, 0.4) is 0 Å². The normalized spacial score (nSPS) is 21.8. The van der Waals surface area contributed by atoms with Gasteiger partial charge in [-0.2, -0.15) is 0 Å². The quantitative estimate of drug-likeness (QED) is 0.707. The minimum Gasteiger partial charge on any atom is -0.352 e. The molecule has 0 radical (unpaired) electrons. The van der Waals surface area contributed by atoms with Crippen molar-refractivity contribution in [1.29, 1.82) is 0 Å². The highest BCUT2D eigenvalue weighted by Gasteiger charge is 2.34. The molecule has 0 spiro atoms. The van der Waals surface area contributed by atoms with Crippen LogP contribution in [0.4, 0.5) is 0 Å². The molecule has 0 aromatic heterocycles. The maximum Gasteiger partial charge on any atom is 0.239 e. The van der Waals surface area contributed by atoms with Crippen molar-refractivity contribution < 1.29 is 14.4 Å². The van der Waals surface area contributed by atoms with Crippen molar-refractivity contribution in [3.05, 3.63) is 0 Å². The average Bonchev–Trinajstić information content (AvgIpc) is 2.42. The van der Waals surface area contributed by atoms with Crippen molar-refractivity contribution in [2.45, 2.75) is 59.4 Å². The fourth-order valence-corrected chi connectivity index (χ4v) is 3.04. The van der Waals surface area contributed by atoms with Gasteiger partial charge in [0.1, 0.15) is 0 Å². The molecule has 22 heavy (non-hydrogen) atoms. The second kappa shape index (κ2) is 8.15. The molecule has 6 nitrogen and oxygen atoms in total. The Morgan fingerprint density at radius 3 is 2.14 bits per heavy atom. The Balaban J connectivity index is 2.39. The van der Waals surface area contributed by atoms with Crippen LogP contribution in [0.15, 0.2) is 0 Å². The van der Waals surface area contributed by atoms with Gasteiger partial charge in [-0.3, -0.25) is 14.4 Å². The Hall–Kier alpha value is -1.59. The van der Waals surface area contributed by atoms with E-state index in [1.165, 1.54) is 13.3 Å². The van der Waals surface area contributed by atoms with E-state index in [0.29, 0.717) is 5.92 Å². The summed E-state index contributed by atoms with van der Waals surface area (Å²) < 4.78 is 0. The number of carbonyl (C=O) groups excluding carboxylic acids is 3. The van der Waals surface area contributed by atoms with Crippen LogP contribution in [0.5, 0.6) is 0 Å². The molecule has 0 heterocycles. The highest BCUT2D eigenvalue weighted by atomic mass is 16.2. The van der Waals surface area contributed by atoms with Gasteiger partial charge in [-0.25, -0.2) is 0 Å². The van der Waals surface area contributed by atoms with E-state index in [9.17, 15) is 14.4 Å². The number of amides is 3. The Labute approximate surface area is 132 Å². The fourth-order valence-electron chi connectivity index (χ4n) is 3.04. The molecular formula is C16H29N3O3. The van der Waals surface area contributed by atoms with Gasteiger partial charge in [0.15, 0.2) is 0 Å². The Bertz CT molecular complexity index is 415. The second-order valence-electron chi connectivity index (χ2n) is 7.12. The molecule has 1 rings (SSSR count). The molecule has 0 unspecified atom stereocenters. The summed E-state index contributed by atoms with van der Waals surface area (Å²) in [6.45, 7) is 7.81. The third-order valence-electron chi connectivity index (χ3n) is 4.17. The molecule has 1 fully saturated rings. The molecule has 3 N–H and O–H groups in total. The van der Waals surface area contributed by atoms with Crippen LogP contribution in [0.25, 0.3) is 0 Å². The highest BCUT2D eigenvalue weighted by Crippen LogP contribution is 2.37. The first-order chi connectivity index (χ1) is 10.2. The van der Waals surface area contributed by atoms with Crippen molar-refractivity contribution in [3.8, 4) is 0 Å². The zero-order valence-corrected chi connectivity index (χ0v) is 14.1. The van der Waals surface area contributed by atoms with E-state index in [-0.39, 0.29) is 42.3 Å². The second-order valence-corrected chi connectivity index (χ2v) is 7.12. The standard InChI is InChI=1S/C16H29N3O3/c1-11(20)17-9-14(21)18-10-15(22)19-13-8-6-5-7-12(13)16(2,3)4/h12-13H,5-10H2,1-4H3,(H,17,20)(H,18,21)(H,19,22)/t12-,13-/m0/s1. The number of rotatable bonds is 5. The lowest BCUT2D eigenvalue weighted by molar-refractivity contribution is -0.127. The molecule has 3 amide bonds. The Kier molecular flexibility index (Phi) is 6.84. The zero-order chi connectivity index (χ0) is 16.8. The van der Waals surface area contributed by atoms with Crippen molar-refractivity contribution in [2.24, 2.45) is 11.3 Å². The molecule has 1 aliphatic rings. The summed E-state index contributed by atoms with van der Waals surface area (Å²) in [6, 6.07) is 0.175. The van der Waals surface area contributed by atoms with E-state index in [0.717, 1.165) is 19.3 Å². The van der Waals surface area contributed by atoms with Gasteiger partial charge in [0, 0.05) is 13.0 Å². The topological polar surface area (TPSA) is 87.3 Å². The molecular weight excluding hydrogens is 282 g/mol. The first-order valence-corrected chi connectivity index (χ1v) is 8.00. The zero-order valence-electron chi connectivity index (χ0n) is 14.1. The van der Waals surface area contributed by atoms with Gasteiger partial charge in [0.05, 0.1) is 13.1 Å². The lowest BCUT2D eigenvalue weighted by atomic mass is 9.69. The first kappa shape index (κ1) is 18.5. The van der Waals surface area contributed by atoms with Gasteiger partial charge in [-0.05, 0) is 24.2 Å². The predicted octanol–water partition coefficient (Wildman–Crippen LogP) is 0.960. The lowest BCUT2D eigenvalue weighted by Crippen LogP contribution is -2.50. The summed E-state index contributed by atoms with van der Waals surface area (Å²) in [5.41, 5.74) is 0.160. The smallest absolute Gasteiger partial charge is 0.239 e. The largest absolute Gasteiger partial charge is 0.352 e. The monoisotopic (exact) mass is 311 g/mol. The van der Waals surface area contributed by atoms with Crippen molar-refractivity contribution in [1.82, 2.24) is 16.0 Å². The summed E-state index contributed by atoms with van der Waals surface area (Å²) in [7, 11) is 0. The third kappa shape index (κ3) is 6.45. The summed E-state index contributed by atoms with van der Waals surface area (Å²) in [5.74, 6) is -0.339. The minimum absolute atomic E-state index is 0.0498. The number of hydrogen-bond donors (Lipinski definition) is 3. The van der Waals surface area contributed by atoms with Crippen molar-refractivity contribution in [2.75, 3.05) is 13.1 Å². The number of nitrogens with one attached hydrogen (secondary N) is 3. The maximum absolute atomic E-state index is 12.0. The molecule has 0 aromatic rings. The predicted molar refractivity (Wildman–Crippen MR) is 85.0 cm³/mol. The Morgan fingerprint density at radius 2 is 1.55 bits per heavy atom. The molecule has 0 bridgehead atoms. The maximum atomic E-state index is 12.0. The van der Waals surface area contributed by atoms with Crippen LogP contribution >= 0.6 is 0 Å². The Morgan fingerprint density at radius 1 is 0.955 bits per heavy atom. The van der Waals surface area contributed by atoms with Gasteiger partial charge in [0.2, 0.25) is 17.7 Å². The van der Waals surface area contributed by atoms with Crippen molar-refractivity contribution >= 4 is 17.7 Å². The molecule has 0 saturated heterocycles. The van der Waals surface area contributed by atoms with Crippen LogP contribution in [0, 0.1) is 11.3 Å². The van der Waals surface area contributed by atoms with E-state index in [1.807, 2.05) is 0 Å². The van der Waals surface area contributed by atoms with E-state index < -0.39 is 0 Å². The molecule has 126 valence electrons. The van der Waals surface area contributed by atoms with Gasteiger partial charge < -0.3 is 16.0 Å². The average molecular weight is 311 g/mol. The van der Waals surface area contributed by atoms with Crippen LogP contribution in [-0.2, 0) is 14.4 Å². The van der Waals surface area contributed by atoms with E-state index in [1.54, 1.807) is 0 Å². The molecule has 0 aromatic carbocycles. The van der Waals surface area contributed by atoms with Gasteiger partial charge in [0.25, 0.3) is 0 Å². The summed E-state index contributed by atoms with van der Waals surface area (Å²) in [5, 5.41) is 7.96. The van der Waals surface area contributed by atoms with Crippen molar-refractivity contribution in [3.63, 3.8) is 0 Å². The highest BCUT2D eigenvalue weighted by molar-refractivity contribution is 5.87. The molecule has 6 heteroatoms. The lowest BCUT2D eigenvalue weighted by Gasteiger charge is -2.40. The molecule has 1 aliphatic carbocycles. The fraction of sp³-hybridized carbons (Fsp3) is 0.812. The van der Waals surface area contributed by atoms with Crippen LogP contribution < -0.4 is 16.0 Å². The number of hydrogen-bond acceptors (Lipinski definition) is 3. The molecule has 2 atom stereocenters. The van der Waals surface area contributed by atoms with Gasteiger partial charge in [-0.1, -0.05) is 33.6 Å². The van der Waals surface area contributed by atoms with Crippen LogP contribution in [0.2, 0.25) is 0 Å². The third-order valence-corrected chi connectivity index (χ3v) is 4.17. The summed E-state index contributed by atoms with van der Waals surface area (Å²) in [4.78, 5) is 34.2.